The van der Waals surface area contributed by atoms with Gasteiger partial charge in [0.2, 0.25) is 0 Å². The summed E-state index contributed by atoms with van der Waals surface area (Å²) >= 11 is 0. The number of anilines is 1. The standard InChI is InChI=1S/C28H25N5O2/c1-35-25(34)13-12-21-16-23(19-29-17-21)27-31-28(30-18-20-8-4-2-5-9-20)26-24(14-15-33(26)32-27)22-10-6-3-7-11-22/h2-11,14-17,19H,12-13,18H2,1H3,(H,30,31,32). The first-order valence-electron chi connectivity index (χ1n) is 11.4. The first-order chi connectivity index (χ1) is 17.2. The van der Waals surface area contributed by atoms with Crippen LogP contribution in [0.1, 0.15) is 17.5 Å². The zero-order valence-corrected chi connectivity index (χ0v) is 19.4. The van der Waals surface area contributed by atoms with E-state index in [1.54, 1.807) is 12.4 Å². The molecule has 7 heteroatoms. The van der Waals surface area contributed by atoms with Crippen molar-refractivity contribution in [3.05, 3.63) is 103 Å². The molecule has 1 N–H and O–H groups in total. The van der Waals surface area contributed by atoms with Crippen LogP contribution >= 0.6 is 0 Å². The van der Waals surface area contributed by atoms with E-state index in [0.29, 0.717) is 25.2 Å². The van der Waals surface area contributed by atoms with Crippen molar-refractivity contribution in [3.63, 3.8) is 0 Å². The first-order valence-corrected chi connectivity index (χ1v) is 11.4. The predicted molar refractivity (Wildman–Crippen MR) is 136 cm³/mol. The Labute approximate surface area is 203 Å². The van der Waals surface area contributed by atoms with Crippen LogP contribution in [0.4, 0.5) is 5.82 Å². The van der Waals surface area contributed by atoms with Crippen LogP contribution in [-0.4, -0.2) is 32.7 Å². The van der Waals surface area contributed by atoms with Gasteiger partial charge in [0.15, 0.2) is 11.6 Å². The fourth-order valence-electron chi connectivity index (χ4n) is 4.00. The molecule has 174 valence electrons. The molecule has 3 heterocycles. The number of pyridine rings is 1. The Morgan fingerprint density at radius 1 is 0.943 bits per heavy atom. The van der Waals surface area contributed by atoms with E-state index in [4.69, 9.17) is 14.8 Å². The van der Waals surface area contributed by atoms with Crippen LogP contribution in [0.2, 0.25) is 0 Å². The number of fused-ring (bicyclic) bond motifs is 1. The number of hydrogen-bond acceptors (Lipinski definition) is 6. The highest BCUT2D eigenvalue weighted by atomic mass is 16.5. The fourth-order valence-corrected chi connectivity index (χ4v) is 4.00. The second-order valence-corrected chi connectivity index (χ2v) is 8.17. The van der Waals surface area contributed by atoms with E-state index < -0.39 is 0 Å². The quantitative estimate of drug-likeness (QED) is 0.320. The summed E-state index contributed by atoms with van der Waals surface area (Å²) in [5.74, 6) is 1.04. The molecule has 0 aliphatic heterocycles. The van der Waals surface area contributed by atoms with E-state index in [1.807, 2.05) is 53.2 Å². The molecule has 0 aliphatic carbocycles. The number of rotatable bonds is 8. The number of aryl methyl sites for hydroxylation is 1. The molecule has 3 aromatic heterocycles. The number of hydrogen-bond donors (Lipinski definition) is 1. The number of aromatic nitrogens is 4. The van der Waals surface area contributed by atoms with Crippen LogP contribution < -0.4 is 5.32 Å². The second kappa shape index (κ2) is 10.2. The summed E-state index contributed by atoms with van der Waals surface area (Å²) in [5, 5.41) is 8.31. The molecule has 0 saturated carbocycles. The molecule has 7 nitrogen and oxygen atoms in total. The largest absolute Gasteiger partial charge is 0.469 e. The summed E-state index contributed by atoms with van der Waals surface area (Å²) in [5.41, 5.74) is 5.92. The van der Waals surface area contributed by atoms with Crippen LogP contribution in [-0.2, 0) is 22.5 Å². The van der Waals surface area contributed by atoms with Gasteiger partial charge in [0.1, 0.15) is 5.52 Å². The normalized spacial score (nSPS) is 10.9. The summed E-state index contributed by atoms with van der Waals surface area (Å²) in [4.78, 5) is 20.8. The van der Waals surface area contributed by atoms with Crippen molar-refractivity contribution in [3.8, 4) is 22.5 Å². The maximum absolute atomic E-state index is 11.6. The fraction of sp³-hybridized carbons (Fsp3) is 0.143. The number of nitrogens with one attached hydrogen (secondary N) is 1. The highest BCUT2D eigenvalue weighted by molar-refractivity contribution is 5.89. The molecule has 5 rings (SSSR count). The molecular formula is C28H25N5O2. The highest BCUT2D eigenvalue weighted by Crippen LogP contribution is 2.31. The number of carbonyl (C=O) groups excluding carboxylic acids is 1. The van der Waals surface area contributed by atoms with Crippen molar-refractivity contribution in [2.75, 3.05) is 12.4 Å². The van der Waals surface area contributed by atoms with E-state index in [-0.39, 0.29) is 5.97 Å². The zero-order valence-electron chi connectivity index (χ0n) is 19.4. The van der Waals surface area contributed by atoms with Gasteiger partial charge in [-0.2, -0.15) is 0 Å². The summed E-state index contributed by atoms with van der Waals surface area (Å²) < 4.78 is 6.62. The summed E-state index contributed by atoms with van der Waals surface area (Å²) in [7, 11) is 1.39. The minimum absolute atomic E-state index is 0.249. The third kappa shape index (κ3) is 5.04. The topological polar surface area (TPSA) is 81.4 Å². The van der Waals surface area contributed by atoms with Crippen molar-refractivity contribution >= 4 is 17.3 Å². The molecule has 5 aromatic rings. The predicted octanol–water partition coefficient (Wildman–Crippen LogP) is 5.18. The van der Waals surface area contributed by atoms with E-state index in [9.17, 15) is 4.79 Å². The average molecular weight is 464 g/mol. The Morgan fingerprint density at radius 2 is 1.71 bits per heavy atom. The first kappa shape index (κ1) is 22.3. The van der Waals surface area contributed by atoms with Gasteiger partial charge in [-0.1, -0.05) is 60.7 Å². The Kier molecular flexibility index (Phi) is 6.48. The average Bonchev–Trinajstić information content (AvgIpc) is 3.36. The Morgan fingerprint density at radius 3 is 2.49 bits per heavy atom. The number of carbonyl (C=O) groups is 1. The van der Waals surface area contributed by atoms with Crippen molar-refractivity contribution in [1.29, 1.82) is 0 Å². The highest BCUT2D eigenvalue weighted by Gasteiger charge is 2.16. The van der Waals surface area contributed by atoms with E-state index in [1.165, 1.54) is 7.11 Å². The van der Waals surface area contributed by atoms with Crippen molar-refractivity contribution in [2.24, 2.45) is 0 Å². The van der Waals surface area contributed by atoms with E-state index in [0.717, 1.165) is 39.2 Å². The Balaban J connectivity index is 1.55. The molecule has 0 bridgehead atoms. The van der Waals surface area contributed by atoms with Crippen LogP contribution in [0.3, 0.4) is 0 Å². The van der Waals surface area contributed by atoms with Crippen LogP contribution in [0.15, 0.2) is 91.4 Å². The van der Waals surface area contributed by atoms with Crippen LogP contribution in [0.5, 0.6) is 0 Å². The van der Waals surface area contributed by atoms with E-state index >= 15 is 0 Å². The number of nitrogens with zero attached hydrogens (tertiary/aromatic N) is 4. The third-order valence-electron chi connectivity index (χ3n) is 5.80. The van der Waals surface area contributed by atoms with Crippen LogP contribution in [0.25, 0.3) is 28.0 Å². The minimum atomic E-state index is -0.249. The zero-order chi connectivity index (χ0) is 24.0. The lowest BCUT2D eigenvalue weighted by atomic mass is 10.1. The monoisotopic (exact) mass is 463 g/mol. The van der Waals surface area contributed by atoms with Gasteiger partial charge in [-0.15, -0.1) is 5.10 Å². The van der Waals surface area contributed by atoms with Gasteiger partial charge in [-0.25, -0.2) is 9.50 Å². The molecule has 35 heavy (non-hydrogen) atoms. The SMILES string of the molecule is COC(=O)CCc1cncc(-c2nc(NCc3ccccc3)c3c(-c4ccccc4)ccn3n2)c1. The maximum atomic E-state index is 11.6. The van der Waals surface area contributed by atoms with Gasteiger partial charge in [-0.05, 0) is 35.2 Å². The van der Waals surface area contributed by atoms with Gasteiger partial charge >= 0.3 is 5.97 Å². The van der Waals surface area contributed by atoms with Crippen LogP contribution in [0, 0.1) is 0 Å². The van der Waals surface area contributed by atoms with Gasteiger partial charge in [-0.3, -0.25) is 9.78 Å². The van der Waals surface area contributed by atoms with Gasteiger partial charge in [0, 0.05) is 42.7 Å². The van der Waals surface area contributed by atoms with Gasteiger partial charge in [0.25, 0.3) is 0 Å². The molecule has 2 aromatic carbocycles. The molecule has 0 atom stereocenters. The number of benzene rings is 2. The molecule has 0 unspecified atom stereocenters. The molecule has 0 radical (unpaired) electrons. The lowest BCUT2D eigenvalue weighted by Gasteiger charge is -2.12. The molecule has 0 fully saturated rings. The summed E-state index contributed by atoms with van der Waals surface area (Å²) in [6, 6.07) is 24.5. The number of esters is 1. The maximum Gasteiger partial charge on any atom is 0.305 e. The number of ether oxygens (including phenoxy) is 1. The molecule has 0 saturated heterocycles. The molecule has 0 aliphatic rings. The minimum Gasteiger partial charge on any atom is -0.469 e. The second-order valence-electron chi connectivity index (χ2n) is 8.17. The van der Waals surface area contributed by atoms with Crippen molar-refractivity contribution in [2.45, 2.75) is 19.4 Å². The number of methoxy groups -OCH3 is 1. The lowest BCUT2D eigenvalue weighted by Crippen LogP contribution is -2.07. The molecule has 0 amide bonds. The smallest absolute Gasteiger partial charge is 0.305 e. The summed E-state index contributed by atoms with van der Waals surface area (Å²) in [6.07, 6.45) is 6.28. The Hall–Kier alpha value is -4.52. The molecule has 0 spiro atoms. The van der Waals surface area contributed by atoms with Crippen molar-refractivity contribution < 1.29 is 9.53 Å². The Bertz CT molecular complexity index is 1450. The molecular weight excluding hydrogens is 438 g/mol. The summed E-state index contributed by atoms with van der Waals surface area (Å²) in [6.45, 7) is 0.629. The van der Waals surface area contributed by atoms with Gasteiger partial charge in [0.05, 0.1) is 7.11 Å². The van der Waals surface area contributed by atoms with Gasteiger partial charge < -0.3 is 10.1 Å². The van der Waals surface area contributed by atoms with Crippen molar-refractivity contribution in [1.82, 2.24) is 19.6 Å². The third-order valence-corrected chi connectivity index (χ3v) is 5.80. The van der Waals surface area contributed by atoms with E-state index in [2.05, 4.69) is 40.6 Å². The lowest BCUT2D eigenvalue weighted by molar-refractivity contribution is -0.140.